The molecule has 122 valence electrons. The summed E-state index contributed by atoms with van der Waals surface area (Å²) >= 11 is 9.60. The van der Waals surface area contributed by atoms with E-state index in [9.17, 15) is 9.59 Å². The second-order valence-electron chi connectivity index (χ2n) is 4.70. The number of carbonyl (C=O) groups excluding carboxylic acids is 1. The lowest BCUT2D eigenvalue weighted by molar-refractivity contribution is -0.140. The van der Waals surface area contributed by atoms with Crippen LogP contribution >= 0.6 is 39.9 Å². The number of hydrogen-bond donors (Lipinski definition) is 1. The Hall–Kier alpha value is -1.38. The summed E-state index contributed by atoms with van der Waals surface area (Å²) in [6.07, 6.45) is 2.61. The van der Waals surface area contributed by atoms with E-state index in [1.807, 2.05) is 25.1 Å². The number of carboxylic acid groups (broad SMARTS) is 1. The average molecular weight is 416 g/mol. The molecule has 1 saturated heterocycles. The molecular weight excluding hydrogens is 402 g/mol. The van der Waals surface area contributed by atoms with E-state index in [-0.39, 0.29) is 10.2 Å². The SMILES string of the molecule is CCCOc1ccc(/C=C2/SC(=S)N(CC(=O)O)C2=O)cc1Br. The van der Waals surface area contributed by atoms with Crippen molar-refractivity contribution in [3.8, 4) is 5.75 Å². The second kappa shape index (κ2) is 7.94. The minimum Gasteiger partial charge on any atom is -0.492 e. The van der Waals surface area contributed by atoms with Crippen molar-refractivity contribution < 1.29 is 19.4 Å². The molecule has 1 aromatic carbocycles. The van der Waals surface area contributed by atoms with Crippen molar-refractivity contribution in [2.45, 2.75) is 13.3 Å². The highest BCUT2D eigenvalue weighted by atomic mass is 79.9. The van der Waals surface area contributed by atoms with Crippen LogP contribution in [0, 0.1) is 0 Å². The zero-order valence-corrected chi connectivity index (χ0v) is 15.5. The number of carboxylic acids is 1. The van der Waals surface area contributed by atoms with Crippen LogP contribution in [0.25, 0.3) is 6.08 Å². The number of aliphatic carboxylic acids is 1. The van der Waals surface area contributed by atoms with E-state index in [0.717, 1.165) is 38.9 Å². The quantitative estimate of drug-likeness (QED) is 0.566. The van der Waals surface area contributed by atoms with Crippen LogP contribution in [-0.2, 0) is 9.59 Å². The zero-order chi connectivity index (χ0) is 17.0. The molecule has 0 unspecified atom stereocenters. The normalized spacial score (nSPS) is 16.3. The smallest absolute Gasteiger partial charge is 0.323 e. The summed E-state index contributed by atoms with van der Waals surface area (Å²) in [7, 11) is 0. The monoisotopic (exact) mass is 415 g/mol. The summed E-state index contributed by atoms with van der Waals surface area (Å²) in [6.45, 7) is 2.24. The van der Waals surface area contributed by atoms with Gasteiger partial charge in [0.25, 0.3) is 5.91 Å². The van der Waals surface area contributed by atoms with Crippen molar-refractivity contribution in [2.75, 3.05) is 13.2 Å². The van der Waals surface area contributed by atoms with Crippen molar-refractivity contribution in [1.82, 2.24) is 4.90 Å². The van der Waals surface area contributed by atoms with Gasteiger partial charge in [0.2, 0.25) is 0 Å². The summed E-state index contributed by atoms with van der Waals surface area (Å²) < 4.78 is 6.62. The van der Waals surface area contributed by atoms with E-state index in [4.69, 9.17) is 22.1 Å². The molecule has 0 saturated carbocycles. The van der Waals surface area contributed by atoms with E-state index in [2.05, 4.69) is 15.9 Å². The summed E-state index contributed by atoms with van der Waals surface area (Å²) in [5, 5.41) is 8.82. The van der Waals surface area contributed by atoms with Crippen LogP contribution < -0.4 is 4.74 Å². The molecule has 1 aliphatic heterocycles. The molecule has 1 aromatic rings. The first kappa shape index (κ1) is 18.0. The van der Waals surface area contributed by atoms with Crippen molar-refractivity contribution in [1.29, 1.82) is 0 Å². The van der Waals surface area contributed by atoms with Gasteiger partial charge in [0.15, 0.2) is 0 Å². The lowest BCUT2D eigenvalue weighted by atomic mass is 10.2. The highest BCUT2D eigenvalue weighted by molar-refractivity contribution is 9.10. The number of nitrogens with zero attached hydrogens (tertiary/aromatic N) is 1. The molecule has 1 heterocycles. The standard InChI is InChI=1S/C15H14BrNO4S2/c1-2-5-21-11-4-3-9(6-10(11)16)7-12-14(20)17(8-13(18)19)15(22)23-12/h3-4,6-7H,2,5,8H2,1H3,(H,18,19)/b12-7+. The Labute approximate surface area is 151 Å². The lowest BCUT2D eigenvalue weighted by Crippen LogP contribution is -2.33. The number of thiocarbonyl (C=S) groups is 1. The van der Waals surface area contributed by atoms with Crippen LogP contribution in [0.2, 0.25) is 0 Å². The van der Waals surface area contributed by atoms with Gasteiger partial charge in [-0.25, -0.2) is 0 Å². The van der Waals surface area contributed by atoms with Crippen LogP contribution in [0.15, 0.2) is 27.6 Å². The first-order valence-electron chi connectivity index (χ1n) is 6.82. The van der Waals surface area contributed by atoms with Crippen molar-refractivity contribution >= 4 is 62.2 Å². The van der Waals surface area contributed by atoms with Crippen molar-refractivity contribution in [3.05, 3.63) is 33.1 Å². The molecule has 0 aromatic heterocycles. The van der Waals surface area contributed by atoms with Crippen LogP contribution in [0.5, 0.6) is 5.75 Å². The molecule has 0 radical (unpaired) electrons. The van der Waals surface area contributed by atoms with Gasteiger partial charge in [0, 0.05) is 0 Å². The number of halogens is 1. The van der Waals surface area contributed by atoms with Gasteiger partial charge in [-0.05, 0) is 46.1 Å². The van der Waals surface area contributed by atoms with E-state index < -0.39 is 12.5 Å². The third kappa shape index (κ3) is 4.55. The number of carbonyl (C=O) groups is 2. The van der Waals surface area contributed by atoms with E-state index >= 15 is 0 Å². The Morgan fingerprint density at radius 3 is 2.87 bits per heavy atom. The fourth-order valence-electron chi connectivity index (χ4n) is 1.86. The Balaban J connectivity index is 2.19. The maximum atomic E-state index is 12.2. The number of hydrogen-bond acceptors (Lipinski definition) is 5. The van der Waals surface area contributed by atoms with Gasteiger partial charge >= 0.3 is 5.97 Å². The highest BCUT2D eigenvalue weighted by Crippen LogP contribution is 2.34. The molecular formula is C15H14BrNO4S2. The number of amides is 1. The molecule has 1 aliphatic rings. The summed E-state index contributed by atoms with van der Waals surface area (Å²) in [5.74, 6) is -0.741. The molecule has 0 atom stereocenters. The van der Waals surface area contributed by atoms with Gasteiger partial charge in [-0.15, -0.1) is 0 Å². The van der Waals surface area contributed by atoms with Gasteiger partial charge in [-0.3, -0.25) is 14.5 Å². The molecule has 1 amide bonds. The molecule has 5 nitrogen and oxygen atoms in total. The largest absolute Gasteiger partial charge is 0.492 e. The van der Waals surface area contributed by atoms with Crippen LogP contribution in [0.3, 0.4) is 0 Å². The topological polar surface area (TPSA) is 66.8 Å². The molecule has 0 bridgehead atoms. The molecule has 1 fully saturated rings. The second-order valence-corrected chi connectivity index (χ2v) is 7.23. The van der Waals surface area contributed by atoms with Crippen LogP contribution in [0.1, 0.15) is 18.9 Å². The van der Waals surface area contributed by atoms with Gasteiger partial charge in [-0.2, -0.15) is 0 Å². The lowest BCUT2D eigenvalue weighted by Gasteiger charge is -2.10. The van der Waals surface area contributed by atoms with Gasteiger partial charge in [0.1, 0.15) is 16.6 Å². The molecule has 0 spiro atoms. The van der Waals surface area contributed by atoms with E-state index in [1.54, 1.807) is 6.08 Å². The minimum atomic E-state index is -1.09. The van der Waals surface area contributed by atoms with Crippen LogP contribution in [0.4, 0.5) is 0 Å². The molecule has 1 N–H and O–H groups in total. The number of thioether (sulfide) groups is 1. The minimum absolute atomic E-state index is 0.255. The van der Waals surface area contributed by atoms with Crippen molar-refractivity contribution in [2.24, 2.45) is 0 Å². The average Bonchev–Trinajstić information content (AvgIpc) is 2.74. The summed E-state index contributed by atoms with van der Waals surface area (Å²) in [5.41, 5.74) is 0.802. The Morgan fingerprint density at radius 2 is 2.26 bits per heavy atom. The molecule has 0 aliphatic carbocycles. The summed E-state index contributed by atoms with van der Waals surface area (Å²) in [4.78, 5) is 24.5. The van der Waals surface area contributed by atoms with Gasteiger partial charge in [0.05, 0.1) is 16.0 Å². The van der Waals surface area contributed by atoms with Gasteiger partial charge < -0.3 is 9.84 Å². The Morgan fingerprint density at radius 1 is 1.52 bits per heavy atom. The maximum Gasteiger partial charge on any atom is 0.323 e. The highest BCUT2D eigenvalue weighted by Gasteiger charge is 2.33. The van der Waals surface area contributed by atoms with E-state index in [0.29, 0.717) is 11.5 Å². The fourth-order valence-corrected chi connectivity index (χ4v) is 3.62. The first-order chi connectivity index (χ1) is 10.9. The molecule has 23 heavy (non-hydrogen) atoms. The summed E-state index contributed by atoms with van der Waals surface area (Å²) in [6, 6.07) is 5.50. The fraction of sp³-hybridized carbons (Fsp3) is 0.267. The first-order valence-corrected chi connectivity index (χ1v) is 8.83. The molecule has 2 rings (SSSR count). The van der Waals surface area contributed by atoms with E-state index in [1.165, 1.54) is 0 Å². The maximum absolute atomic E-state index is 12.2. The predicted octanol–water partition coefficient (Wildman–Crippen LogP) is 3.52. The predicted molar refractivity (Wildman–Crippen MR) is 97.4 cm³/mol. The Kier molecular flexibility index (Phi) is 6.20. The van der Waals surface area contributed by atoms with Gasteiger partial charge in [-0.1, -0.05) is 37.0 Å². The van der Waals surface area contributed by atoms with Crippen molar-refractivity contribution in [3.63, 3.8) is 0 Å². The zero-order valence-electron chi connectivity index (χ0n) is 12.2. The number of ether oxygens (including phenoxy) is 1. The number of rotatable bonds is 6. The third-order valence-corrected chi connectivity index (χ3v) is 4.88. The van der Waals surface area contributed by atoms with Crippen LogP contribution in [-0.4, -0.2) is 39.4 Å². The Bertz CT molecular complexity index is 690. The molecule has 8 heteroatoms. The third-order valence-electron chi connectivity index (χ3n) is 2.88. The number of benzene rings is 1.